The largest absolute Gasteiger partial charge is 0.325 e. The zero-order valence-electron chi connectivity index (χ0n) is 21.6. The van der Waals surface area contributed by atoms with Gasteiger partial charge in [-0.05, 0) is 71.5 Å². The van der Waals surface area contributed by atoms with E-state index in [4.69, 9.17) is 0 Å². The number of para-hydroxylation sites is 1. The van der Waals surface area contributed by atoms with Crippen molar-refractivity contribution < 1.29 is 4.79 Å². The average Bonchev–Trinajstić information content (AvgIpc) is 3.57. The Morgan fingerprint density at radius 1 is 0.846 bits per heavy atom. The number of carbonyl (C=O) groups excluding carboxylic acids is 1. The molecule has 7 rings (SSSR count). The van der Waals surface area contributed by atoms with Crippen molar-refractivity contribution in [1.29, 1.82) is 0 Å². The highest BCUT2D eigenvalue weighted by atomic mass is 79.9. The molecule has 5 heteroatoms. The Morgan fingerprint density at radius 2 is 1.49 bits per heavy atom. The van der Waals surface area contributed by atoms with E-state index < -0.39 is 5.41 Å². The maximum absolute atomic E-state index is 14.5. The van der Waals surface area contributed by atoms with E-state index in [1.165, 1.54) is 22.3 Å². The Morgan fingerprint density at radius 3 is 2.21 bits per heavy atom. The lowest BCUT2D eigenvalue weighted by Crippen LogP contribution is -2.48. The molecule has 3 heterocycles. The molecule has 1 amide bonds. The summed E-state index contributed by atoms with van der Waals surface area (Å²) in [6.45, 7) is 3.03. The molecule has 1 N–H and O–H groups in total. The molecule has 0 unspecified atom stereocenters. The van der Waals surface area contributed by atoms with Gasteiger partial charge in [0, 0.05) is 33.1 Å². The summed E-state index contributed by atoms with van der Waals surface area (Å²) in [5.41, 5.74) is 7.45. The predicted molar refractivity (Wildman–Crippen MR) is 165 cm³/mol. The van der Waals surface area contributed by atoms with Crippen molar-refractivity contribution >= 4 is 49.5 Å². The molecule has 2 fully saturated rings. The van der Waals surface area contributed by atoms with Gasteiger partial charge in [-0.15, -0.1) is 0 Å². The smallest absolute Gasteiger partial charge is 0.237 e. The molecule has 0 aliphatic carbocycles. The number of hydrogen-bond acceptors (Lipinski definition) is 2. The Kier molecular flexibility index (Phi) is 6.14. The third kappa shape index (κ3) is 3.89. The molecule has 3 aliphatic rings. The van der Waals surface area contributed by atoms with E-state index in [-0.39, 0.29) is 23.9 Å². The minimum Gasteiger partial charge on any atom is -0.325 e. The summed E-state index contributed by atoms with van der Waals surface area (Å²) in [4.78, 5) is 17.2. The first-order chi connectivity index (χ1) is 19.0. The van der Waals surface area contributed by atoms with Crippen molar-refractivity contribution in [3.63, 3.8) is 0 Å². The number of halogens is 2. The van der Waals surface area contributed by atoms with Gasteiger partial charge in [-0.25, -0.2) is 0 Å². The number of fused-ring (bicyclic) bond motifs is 4. The molecule has 0 aromatic heterocycles. The Bertz CT molecular complexity index is 1590. The van der Waals surface area contributed by atoms with Crippen LogP contribution >= 0.6 is 31.9 Å². The first kappa shape index (κ1) is 25.0. The molecule has 39 heavy (non-hydrogen) atoms. The van der Waals surface area contributed by atoms with Gasteiger partial charge in [0.15, 0.2) is 0 Å². The van der Waals surface area contributed by atoms with Crippen LogP contribution in [0.3, 0.4) is 0 Å². The van der Waals surface area contributed by atoms with Gasteiger partial charge in [-0.2, -0.15) is 0 Å². The summed E-state index contributed by atoms with van der Waals surface area (Å²) in [5.74, 6) is 0.0500. The maximum atomic E-state index is 14.5. The number of amides is 1. The molecular weight excluding hydrogens is 612 g/mol. The van der Waals surface area contributed by atoms with E-state index in [9.17, 15) is 4.79 Å². The minimum atomic E-state index is -0.749. The fraction of sp³-hybridized carbons (Fsp3) is 0.206. The van der Waals surface area contributed by atoms with Crippen LogP contribution in [0.2, 0.25) is 0 Å². The molecule has 0 radical (unpaired) electrons. The number of carbonyl (C=O) groups is 1. The first-order valence-corrected chi connectivity index (χ1v) is 15.0. The molecule has 2 saturated heterocycles. The Hall–Kier alpha value is -2.99. The second kappa shape index (κ2) is 9.58. The Labute approximate surface area is 246 Å². The van der Waals surface area contributed by atoms with E-state index in [1.807, 2.05) is 6.07 Å². The molecule has 3 nitrogen and oxygen atoms in total. The molecule has 4 aromatic carbocycles. The molecule has 194 valence electrons. The van der Waals surface area contributed by atoms with Gasteiger partial charge in [-0.1, -0.05) is 110 Å². The van der Waals surface area contributed by atoms with Crippen LogP contribution in [0.1, 0.15) is 46.2 Å². The molecular formula is C34H28Br2N2O. The molecule has 4 atom stereocenters. The van der Waals surface area contributed by atoms with Crippen LogP contribution in [0.5, 0.6) is 0 Å². The standard InChI is InChI=1S/C34H28Br2N2O/c1-21-6-10-23(11-7-21)30-31(24-12-16-27(36)17-13-24)38-19-18-25(20-22-8-14-26(35)15-9-22)32(38)34(30)28-4-2-3-5-29(28)37-33(34)39/h2-17,20,30-32H,18-19H2,1H3,(H,37,39)/b25-20+/t30-,31-,32-,34-/m1/s1. The fourth-order valence-corrected chi connectivity index (χ4v) is 7.80. The molecule has 3 aliphatic heterocycles. The molecule has 1 spiro atoms. The maximum Gasteiger partial charge on any atom is 0.237 e. The molecule has 0 bridgehead atoms. The van der Waals surface area contributed by atoms with Crippen LogP contribution in [0.25, 0.3) is 6.08 Å². The lowest BCUT2D eigenvalue weighted by Gasteiger charge is -2.36. The van der Waals surface area contributed by atoms with Gasteiger partial charge >= 0.3 is 0 Å². The number of anilines is 1. The van der Waals surface area contributed by atoms with Gasteiger partial charge in [0.25, 0.3) is 0 Å². The predicted octanol–water partition coefficient (Wildman–Crippen LogP) is 8.41. The van der Waals surface area contributed by atoms with Crippen LogP contribution in [0.4, 0.5) is 5.69 Å². The van der Waals surface area contributed by atoms with Crippen LogP contribution in [-0.4, -0.2) is 23.4 Å². The monoisotopic (exact) mass is 638 g/mol. The van der Waals surface area contributed by atoms with E-state index in [1.54, 1.807) is 0 Å². The van der Waals surface area contributed by atoms with Gasteiger partial charge in [-0.3, -0.25) is 9.69 Å². The number of benzene rings is 4. The average molecular weight is 640 g/mol. The summed E-state index contributed by atoms with van der Waals surface area (Å²) in [5, 5.41) is 3.32. The van der Waals surface area contributed by atoms with E-state index in [0.29, 0.717) is 0 Å². The third-order valence-electron chi connectivity index (χ3n) is 8.80. The topological polar surface area (TPSA) is 32.3 Å². The van der Waals surface area contributed by atoms with Crippen molar-refractivity contribution in [2.75, 3.05) is 11.9 Å². The van der Waals surface area contributed by atoms with Crippen molar-refractivity contribution in [3.8, 4) is 0 Å². The SMILES string of the molecule is Cc1ccc([C@@H]2[C@@H](c3ccc(Br)cc3)N3CC/C(=C\c4ccc(Br)cc4)[C@@H]3[C@]23C(=O)Nc2ccccc23)cc1. The molecule has 0 saturated carbocycles. The van der Waals surface area contributed by atoms with Crippen molar-refractivity contribution in [1.82, 2.24) is 4.90 Å². The van der Waals surface area contributed by atoms with Crippen molar-refractivity contribution in [3.05, 3.63) is 139 Å². The zero-order chi connectivity index (χ0) is 26.7. The summed E-state index contributed by atoms with van der Waals surface area (Å²) in [6, 6.07) is 34.3. The highest BCUT2D eigenvalue weighted by Crippen LogP contribution is 2.65. The summed E-state index contributed by atoms with van der Waals surface area (Å²) >= 11 is 7.20. The van der Waals surface area contributed by atoms with Crippen molar-refractivity contribution in [2.45, 2.75) is 36.8 Å². The van der Waals surface area contributed by atoms with Crippen LogP contribution in [0, 0.1) is 6.92 Å². The van der Waals surface area contributed by atoms with Gasteiger partial charge < -0.3 is 5.32 Å². The quantitative estimate of drug-likeness (QED) is 0.244. The van der Waals surface area contributed by atoms with Gasteiger partial charge in [0.2, 0.25) is 5.91 Å². The number of aryl methyl sites for hydroxylation is 1. The summed E-state index contributed by atoms with van der Waals surface area (Å²) in [6.07, 6.45) is 3.26. The Balaban J connectivity index is 1.51. The van der Waals surface area contributed by atoms with Crippen molar-refractivity contribution in [2.24, 2.45) is 0 Å². The fourth-order valence-electron chi connectivity index (χ4n) is 7.27. The lowest BCUT2D eigenvalue weighted by atomic mass is 9.62. The normalized spacial score (nSPS) is 26.7. The second-order valence-corrected chi connectivity index (χ2v) is 12.7. The summed E-state index contributed by atoms with van der Waals surface area (Å²) < 4.78 is 2.12. The van der Waals surface area contributed by atoms with Gasteiger partial charge in [0.1, 0.15) is 5.41 Å². The highest BCUT2D eigenvalue weighted by molar-refractivity contribution is 9.10. The number of rotatable bonds is 3. The highest BCUT2D eigenvalue weighted by Gasteiger charge is 2.69. The third-order valence-corrected chi connectivity index (χ3v) is 9.86. The first-order valence-electron chi connectivity index (χ1n) is 13.4. The van der Waals surface area contributed by atoms with E-state index in [0.717, 1.165) is 38.7 Å². The number of nitrogens with zero attached hydrogens (tertiary/aromatic N) is 1. The van der Waals surface area contributed by atoms with E-state index in [2.05, 4.69) is 146 Å². The van der Waals surface area contributed by atoms with Gasteiger partial charge in [0.05, 0.1) is 6.04 Å². The van der Waals surface area contributed by atoms with Crippen LogP contribution in [0.15, 0.2) is 112 Å². The minimum absolute atomic E-state index is 0.0512. The lowest BCUT2D eigenvalue weighted by molar-refractivity contribution is -0.121. The van der Waals surface area contributed by atoms with Crippen LogP contribution in [-0.2, 0) is 10.2 Å². The number of nitrogens with one attached hydrogen (secondary N) is 1. The second-order valence-electron chi connectivity index (χ2n) is 10.9. The van der Waals surface area contributed by atoms with Crippen LogP contribution < -0.4 is 5.32 Å². The zero-order valence-corrected chi connectivity index (χ0v) is 24.7. The number of hydrogen-bond donors (Lipinski definition) is 1. The van der Waals surface area contributed by atoms with E-state index >= 15 is 0 Å². The summed E-state index contributed by atoms with van der Waals surface area (Å²) in [7, 11) is 0. The molecule has 4 aromatic rings.